The number of benzene rings is 3. The van der Waals surface area contributed by atoms with E-state index in [1.807, 2.05) is 53.1 Å². The lowest BCUT2D eigenvalue weighted by molar-refractivity contribution is 0.0971. The van der Waals surface area contributed by atoms with Crippen molar-refractivity contribution in [1.82, 2.24) is 9.55 Å². The second-order valence-corrected chi connectivity index (χ2v) is 9.03. The zero-order valence-electron chi connectivity index (χ0n) is 19.0. The predicted molar refractivity (Wildman–Crippen MR) is 129 cm³/mol. The number of amides is 1. The fourth-order valence-corrected chi connectivity index (χ4v) is 4.13. The Hall–Kier alpha value is -3.93. The average molecular weight is 442 g/mol. The lowest BCUT2D eigenvalue weighted by Crippen LogP contribution is -2.20. The highest BCUT2D eigenvalue weighted by Gasteiger charge is 2.23. The summed E-state index contributed by atoms with van der Waals surface area (Å²) in [5.74, 6) is 0.665. The van der Waals surface area contributed by atoms with Gasteiger partial charge in [0.2, 0.25) is 0 Å². The second kappa shape index (κ2) is 8.90. The molecule has 0 saturated heterocycles. The van der Waals surface area contributed by atoms with Crippen molar-refractivity contribution in [1.29, 1.82) is 0 Å². The molecule has 0 bridgehead atoms. The van der Waals surface area contributed by atoms with E-state index in [-0.39, 0.29) is 17.6 Å². The molecule has 4 aromatic rings. The summed E-state index contributed by atoms with van der Waals surface area (Å²) in [4.78, 5) is 29.0. The molecule has 1 aromatic heterocycles. The molecule has 0 atom stereocenters. The summed E-state index contributed by atoms with van der Waals surface area (Å²) in [6.45, 7) is 6.23. The number of carbonyl (C=O) groups excluding carboxylic acids is 2. The zero-order valence-corrected chi connectivity index (χ0v) is 19.0. The minimum absolute atomic E-state index is 0.0955. The van der Waals surface area contributed by atoms with Crippen molar-refractivity contribution in [3.8, 4) is 11.4 Å². The summed E-state index contributed by atoms with van der Waals surface area (Å²) < 4.78 is 7.06. The van der Waals surface area contributed by atoms with E-state index in [4.69, 9.17) is 10.5 Å². The van der Waals surface area contributed by atoms with Crippen LogP contribution in [0, 0.1) is 0 Å². The number of nitrogens with two attached hydrogens (primary N) is 1. The van der Waals surface area contributed by atoms with E-state index in [0.29, 0.717) is 18.0 Å². The highest BCUT2D eigenvalue weighted by atomic mass is 16.5. The van der Waals surface area contributed by atoms with Gasteiger partial charge in [0, 0.05) is 24.5 Å². The SMILES string of the molecule is CC(C)(C)c1cccc(OC(N)=O)c1CCC(=O)c1nccn1-c1ccc2ccccc2c1. The Morgan fingerprint density at radius 3 is 2.48 bits per heavy atom. The number of nitrogens with zero attached hydrogens (tertiary/aromatic N) is 2. The van der Waals surface area contributed by atoms with Crippen LogP contribution in [0.1, 0.15) is 48.9 Å². The summed E-state index contributed by atoms with van der Waals surface area (Å²) in [6.07, 6.45) is 3.17. The fourth-order valence-electron chi connectivity index (χ4n) is 4.13. The van der Waals surface area contributed by atoms with Crippen LogP contribution in [-0.2, 0) is 11.8 Å². The Balaban J connectivity index is 1.62. The van der Waals surface area contributed by atoms with Crippen LogP contribution < -0.4 is 10.5 Å². The van der Waals surface area contributed by atoms with Gasteiger partial charge in [0.25, 0.3) is 0 Å². The molecule has 0 unspecified atom stereocenters. The molecule has 0 saturated carbocycles. The van der Waals surface area contributed by atoms with Gasteiger partial charge in [0.1, 0.15) is 5.75 Å². The normalized spacial score (nSPS) is 11.5. The third kappa shape index (κ3) is 4.80. The summed E-state index contributed by atoms with van der Waals surface area (Å²) in [5.41, 5.74) is 7.76. The number of aromatic nitrogens is 2. The van der Waals surface area contributed by atoms with Gasteiger partial charge in [-0.2, -0.15) is 0 Å². The van der Waals surface area contributed by atoms with Crippen molar-refractivity contribution in [2.75, 3.05) is 0 Å². The second-order valence-electron chi connectivity index (χ2n) is 9.03. The van der Waals surface area contributed by atoms with Crippen molar-refractivity contribution < 1.29 is 14.3 Å². The van der Waals surface area contributed by atoms with E-state index in [2.05, 4.69) is 31.8 Å². The number of ketones is 1. The van der Waals surface area contributed by atoms with Gasteiger partial charge in [0.05, 0.1) is 0 Å². The number of hydrogen-bond donors (Lipinski definition) is 1. The summed E-state index contributed by atoms with van der Waals surface area (Å²) >= 11 is 0. The molecule has 3 aromatic carbocycles. The lowest BCUT2D eigenvalue weighted by atomic mass is 9.82. The summed E-state index contributed by atoms with van der Waals surface area (Å²) in [7, 11) is 0. The van der Waals surface area contributed by atoms with Crippen LogP contribution in [0.15, 0.2) is 73.1 Å². The van der Waals surface area contributed by atoms with Gasteiger partial charge in [-0.05, 0) is 51.9 Å². The summed E-state index contributed by atoms with van der Waals surface area (Å²) in [6, 6.07) is 19.7. The van der Waals surface area contributed by atoms with E-state index < -0.39 is 6.09 Å². The Labute approximate surface area is 193 Å². The first-order valence-electron chi connectivity index (χ1n) is 10.9. The van der Waals surface area contributed by atoms with Crippen LogP contribution in [0.3, 0.4) is 0 Å². The Bertz CT molecular complexity index is 1330. The number of Topliss-reactive ketones (excluding diaryl/α,β-unsaturated/α-hetero) is 1. The standard InChI is InChI=1S/C27H27N3O3/c1-27(2,3)22-9-6-10-24(33-26(28)32)21(22)13-14-23(31)25-29-15-16-30(25)20-12-11-18-7-4-5-8-19(18)17-20/h4-12,15-17H,13-14H2,1-3H3,(H2,28,32). The van der Waals surface area contributed by atoms with Crippen LogP contribution in [0.5, 0.6) is 5.75 Å². The molecule has 6 nitrogen and oxygen atoms in total. The molecule has 0 aliphatic rings. The molecule has 2 N–H and O–H groups in total. The quantitative estimate of drug-likeness (QED) is 0.395. The number of ether oxygens (including phenoxy) is 1. The van der Waals surface area contributed by atoms with E-state index in [9.17, 15) is 9.59 Å². The van der Waals surface area contributed by atoms with Crippen molar-refractivity contribution in [2.24, 2.45) is 5.73 Å². The molecule has 0 spiro atoms. The molecule has 33 heavy (non-hydrogen) atoms. The molecule has 1 amide bonds. The topological polar surface area (TPSA) is 87.2 Å². The lowest BCUT2D eigenvalue weighted by Gasteiger charge is -2.24. The maximum absolute atomic E-state index is 13.2. The Morgan fingerprint density at radius 2 is 1.76 bits per heavy atom. The predicted octanol–water partition coefficient (Wildman–Crippen LogP) is 5.60. The van der Waals surface area contributed by atoms with E-state index >= 15 is 0 Å². The number of fused-ring (bicyclic) bond motifs is 1. The number of primary amides is 1. The molecule has 1 heterocycles. The van der Waals surface area contributed by atoms with Gasteiger partial charge in [-0.25, -0.2) is 9.78 Å². The van der Waals surface area contributed by atoms with E-state index in [0.717, 1.165) is 27.6 Å². The third-order valence-electron chi connectivity index (χ3n) is 5.66. The van der Waals surface area contributed by atoms with Gasteiger partial charge >= 0.3 is 6.09 Å². The molecule has 0 aliphatic carbocycles. The van der Waals surface area contributed by atoms with Gasteiger partial charge in [-0.3, -0.25) is 9.36 Å². The van der Waals surface area contributed by atoms with Gasteiger partial charge in [-0.15, -0.1) is 0 Å². The molecule has 0 fully saturated rings. The molecule has 0 radical (unpaired) electrons. The van der Waals surface area contributed by atoms with Crippen LogP contribution in [0.4, 0.5) is 4.79 Å². The number of carbonyl (C=O) groups is 2. The maximum atomic E-state index is 13.2. The van der Waals surface area contributed by atoms with E-state index in [1.165, 1.54) is 0 Å². The van der Waals surface area contributed by atoms with Gasteiger partial charge in [0.15, 0.2) is 11.6 Å². The largest absolute Gasteiger partial charge is 0.410 e. The zero-order chi connectivity index (χ0) is 23.6. The van der Waals surface area contributed by atoms with Crippen molar-refractivity contribution >= 4 is 22.6 Å². The first kappa shape index (κ1) is 22.3. The molecule has 4 rings (SSSR count). The van der Waals surface area contributed by atoms with Crippen LogP contribution in [0.2, 0.25) is 0 Å². The first-order valence-corrected chi connectivity index (χ1v) is 10.9. The maximum Gasteiger partial charge on any atom is 0.409 e. The molecular formula is C27H27N3O3. The monoisotopic (exact) mass is 441 g/mol. The van der Waals surface area contributed by atoms with Crippen LogP contribution in [-0.4, -0.2) is 21.4 Å². The highest BCUT2D eigenvalue weighted by molar-refractivity contribution is 5.94. The minimum Gasteiger partial charge on any atom is -0.410 e. The van der Waals surface area contributed by atoms with Crippen LogP contribution in [0.25, 0.3) is 16.5 Å². The van der Waals surface area contributed by atoms with Gasteiger partial charge in [-0.1, -0.05) is 63.2 Å². The Morgan fingerprint density at radius 1 is 1.00 bits per heavy atom. The number of imidazole rings is 1. The Kier molecular flexibility index (Phi) is 6.01. The summed E-state index contributed by atoms with van der Waals surface area (Å²) in [5, 5.41) is 2.23. The first-order chi connectivity index (χ1) is 15.7. The average Bonchev–Trinajstić information content (AvgIpc) is 3.26. The molecule has 6 heteroatoms. The fraction of sp³-hybridized carbons (Fsp3) is 0.222. The van der Waals surface area contributed by atoms with Crippen LogP contribution >= 0.6 is 0 Å². The molecule has 0 aliphatic heterocycles. The minimum atomic E-state index is -0.875. The van der Waals surface area contributed by atoms with E-state index in [1.54, 1.807) is 18.5 Å². The van der Waals surface area contributed by atoms with Gasteiger partial charge < -0.3 is 10.5 Å². The smallest absolute Gasteiger partial charge is 0.409 e. The number of hydrogen-bond acceptors (Lipinski definition) is 4. The number of rotatable bonds is 6. The van der Waals surface area contributed by atoms with Crippen molar-refractivity contribution in [3.05, 3.63) is 90.0 Å². The van der Waals surface area contributed by atoms with Crippen molar-refractivity contribution in [3.63, 3.8) is 0 Å². The third-order valence-corrected chi connectivity index (χ3v) is 5.66. The van der Waals surface area contributed by atoms with Crippen molar-refractivity contribution in [2.45, 2.75) is 39.0 Å². The highest BCUT2D eigenvalue weighted by Crippen LogP contribution is 2.33. The molecular weight excluding hydrogens is 414 g/mol. The molecule has 168 valence electrons.